The third-order valence-electron chi connectivity index (χ3n) is 3.44. The summed E-state index contributed by atoms with van der Waals surface area (Å²) in [6.45, 7) is 5.74. The molecule has 1 heterocycles. The first kappa shape index (κ1) is 19.9. The molecule has 23 heavy (non-hydrogen) atoms. The second-order valence-corrected chi connectivity index (χ2v) is 5.67. The van der Waals surface area contributed by atoms with Gasteiger partial charge in [-0.15, -0.1) is 11.6 Å². The average Bonchev–Trinajstić information content (AvgIpc) is 2.57. The molecule has 1 aromatic rings. The van der Waals surface area contributed by atoms with Crippen LogP contribution in [0.2, 0.25) is 0 Å². The molecule has 1 aromatic carbocycles. The van der Waals surface area contributed by atoms with Gasteiger partial charge in [0.1, 0.15) is 0 Å². The maximum atomic E-state index is 7.32. The predicted octanol–water partition coefficient (Wildman–Crippen LogP) is 2.00. The Morgan fingerprint density at radius 1 is 1.48 bits per heavy atom. The summed E-state index contributed by atoms with van der Waals surface area (Å²) in [5.74, 6) is 0.581. The van der Waals surface area contributed by atoms with Crippen LogP contribution in [0.1, 0.15) is 12.5 Å². The first-order chi connectivity index (χ1) is 11.2. The van der Waals surface area contributed by atoms with E-state index in [1.165, 1.54) is 12.5 Å². The van der Waals surface area contributed by atoms with Crippen molar-refractivity contribution in [1.29, 1.82) is 5.26 Å². The lowest BCUT2D eigenvalue weighted by atomic mass is 10.2. The van der Waals surface area contributed by atoms with Gasteiger partial charge in [-0.05, 0) is 5.56 Å². The minimum absolute atomic E-state index is 0.00234. The smallest absolute Gasteiger partial charge is 0.0717 e. The standard InChI is InChI=1S/C15H23ClN2O2.C2H3N/c16-8-15-12-19-7-6-18(15)9-14(17)11-20-10-13-4-2-1-3-5-13;1-2-3/h1-5,14-15H,6-12,17H2;1H3/t14-,15-;/m0./s1. The molecular weight excluding hydrogens is 314 g/mol. The molecule has 0 amide bonds. The van der Waals surface area contributed by atoms with Crippen molar-refractivity contribution >= 4 is 11.6 Å². The summed E-state index contributed by atoms with van der Waals surface area (Å²) >= 11 is 5.95. The van der Waals surface area contributed by atoms with Crippen LogP contribution < -0.4 is 5.73 Å². The molecule has 6 heteroatoms. The summed E-state index contributed by atoms with van der Waals surface area (Å²) in [4.78, 5) is 2.30. The normalized spacial score (nSPS) is 19.3. The molecular formula is C17H26ClN3O2. The lowest BCUT2D eigenvalue weighted by molar-refractivity contribution is -0.00728. The van der Waals surface area contributed by atoms with Crippen molar-refractivity contribution in [2.24, 2.45) is 5.73 Å². The highest BCUT2D eigenvalue weighted by Crippen LogP contribution is 2.09. The Hall–Kier alpha value is -1.16. The minimum Gasteiger partial charge on any atom is -0.378 e. The Balaban J connectivity index is 0.000000816. The molecule has 1 aliphatic rings. The molecule has 1 aliphatic heterocycles. The van der Waals surface area contributed by atoms with Gasteiger partial charge in [0.2, 0.25) is 0 Å². The Morgan fingerprint density at radius 2 is 2.17 bits per heavy atom. The van der Waals surface area contributed by atoms with E-state index in [0.29, 0.717) is 25.7 Å². The van der Waals surface area contributed by atoms with Gasteiger partial charge >= 0.3 is 0 Å². The Labute approximate surface area is 143 Å². The third-order valence-corrected chi connectivity index (χ3v) is 3.80. The summed E-state index contributed by atoms with van der Waals surface area (Å²) in [6, 6.07) is 12.1. The van der Waals surface area contributed by atoms with Crippen molar-refractivity contribution in [2.45, 2.75) is 25.6 Å². The molecule has 0 aliphatic carbocycles. The minimum atomic E-state index is 0.00234. The molecule has 128 valence electrons. The number of hydrogen-bond donors (Lipinski definition) is 1. The van der Waals surface area contributed by atoms with Gasteiger partial charge in [-0.3, -0.25) is 4.90 Å². The zero-order chi connectivity index (χ0) is 16.9. The molecule has 0 unspecified atom stereocenters. The van der Waals surface area contributed by atoms with E-state index in [0.717, 1.165) is 19.7 Å². The van der Waals surface area contributed by atoms with E-state index in [-0.39, 0.29) is 12.1 Å². The number of hydrogen-bond acceptors (Lipinski definition) is 5. The Kier molecular flexibility index (Phi) is 10.6. The molecule has 0 aromatic heterocycles. The SMILES string of the molecule is CC#N.N[C@H](COCc1ccccc1)CN1CCOC[C@@H]1CCl. The molecule has 1 saturated heterocycles. The van der Waals surface area contributed by atoms with Crippen LogP contribution in [0.5, 0.6) is 0 Å². The third kappa shape index (κ3) is 8.31. The van der Waals surface area contributed by atoms with Crippen LogP contribution in [-0.2, 0) is 16.1 Å². The number of nitrogens with zero attached hydrogens (tertiary/aromatic N) is 2. The molecule has 2 N–H and O–H groups in total. The number of halogens is 1. The lowest BCUT2D eigenvalue weighted by Gasteiger charge is -2.35. The number of ether oxygens (including phenoxy) is 2. The van der Waals surface area contributed by atoms with E-state index >= 15 is 0 Å². The largest absolute Gasteiger partial charge is 0.378 e. The summed E-state index contributed by atoms with van der Waals surface area (Å²) in [5, 5.41) is 7.32. The maximum absolute atomic E-state index is 7.32. The highest BCUT2D eigenvalue weighted by molar-refractivity contribution is 6.18. The van der Waals surface area contributed by atoms with E-state index in [1.807, 2.05) is 18.2 Å². The highest BCUT2D eigenvalue weighted by Gasteiger charge is 2.23. The van der Waals surface area contributed by atoms with Crippen molar-refractivity contribution in [1.82, 2.24) is 4.90 Å². The second kappa shape index (κ2) is 12.3. The zero-order valence-electron chi connectivity index (χ0n) is 13.7. The van der Waals surface area contributed by atoms with Gasteiger partial charge in [0.15, 0.2) is 0 Å². The quantitative estimate of drug-likeness (QED) is 0.769. The second-order valence-electron chi connectivity index (χ2n) is 5.36. The number of morpholine rings is 1. The first-order valence-corrected chi connectivity index (χ1v) is 8.30. The van der Waals surface area contributed by atoms with Gasteiger partial charge in [0.25, 0.3) is 0 Å². The van der Waals surface area contributed by atoms with E-state index in [2.05, 4.69) is 17.0 Å². The Bertz CT molecular complexity index is 453. The van der Waals surface area contributed by atoms with Crippen molar-refractivity contribution in [3.05, 3.63) is 35.9 Å². The van der Waals surface area contributed by atoms with Crippen LogP contribution in [0.4, 0.5) is 0 Å². The predicted molar refractivity (Wildman–Crippen MR) is 92.3 cm³/mol. The number of nitrogens with two attached hydrogens (primary N) is 1. The average molecular weight is 340 g/mol. The van der Waals surface area contributed by atoms with Crippen LogP contribution in [0.25, 0.3) is 0 Å². The molecule has 0 spiro atoms. The molecule has 0 saturated carbocycles. The van der Waals surface area contributed by atoms with Crippen molar-refractivity contribution in [3.8, 4) is 6.07 Å². The van der Waals surface area contributed by atoms with Crippen LogP contribution >= 0.6 is 11.6 Å². The summed E-state index contributed by atoms with van der Waals surface area (Å²) in [5.41, 5.74) is 7.31. The summed E-state index contributed by atoms with van der Waals surface area (Å²) in [6.07, 6.45) is 0. The fourth-order valence-corrected chi connectivity index (χ4v) is 2.61. The molecule has 0 radical (unpaired) electrons. The topological polar surface area (TPSA) is 71.5 Å². The van der Waals surface area contributed by atoms with E-state index in [4.69, 9.17) is 32.1 Å². The van der Waals surface area contributed by atoms with Gasteiger partial charge in [-0.1, -0.05) is 30.3 Å². The summed E-state index contributed by atoms with van der Waals surface area (Å²) in [7, 11) is 0. The van der Waals surface area contributed by atoms with Crippen molar-refractivity contribution < 1.29 is 9.47 Å². The fourth-order valence-electron chi connectivity index (χ4n) is 2.33. The van der Waals surface area contributed by atoms with Gasteiger partial charge < -0.3 is 15.2 Å². The number of alkyl halides is 1. The van der Waals surface area contributed by atoms with Crippen LogP contribution in [0.15, 0.2) is 30.3 Å². The van der Waals surface area contributed by atoms with Crippen LogP contribution in [0.3, 0.4) is 0 Å². The van der Waals surface area contributed by atoms with Gasteiger partial charge in [0.05, 0.1) is 32.5 Å². The van der Waals surface area contributed by atoms with Crippen molar-refractivity contribution in [2.75, 3.05) is 38.8 Å². The first-order valence-electron chi connectivity index (χ1n) is 7.77. The molecule has 2 atom stereocenters. The molecule has 0 bridgehead atoms. The van der Waals surface area contributed by atoms with E-state index in [9.17, 15) is 0 Å². The highest BCUT2D eigenvalue weighted by atomic mass is 35.5. The summed E-state index contributed by atoms with van der Waals surface area (Å²) < 4.78 is 11.1. The van der Waals surface area contributed by atoms with Crippen molar-refractivity contribution in [3.63, 3.8) is 0 Å². The number of rotatable bonds is 7. The zero-order valence-corrected chi connectivity index (χ0v) is 14.4. The molecule has 5 nitrogen and oxygen atoms in total. The fraction of sp³-hybridized carbons (Fsp3) is 0.588. The van der Waals surface area contributed by atoms with E-state index < -0.39 is 0 Å². The van der Waals surface area contributed by atoms with E-state index in [1.54, 1.807) is 6.07 Å². The number of benzene rings is 1. The van der Waals surface area contributed by atoms with Gasteiger partial charge in [-0.2, -0.15) is 5.26 Å². The number of nitriles is 1. The maximum Gasteiger partial charge on any atom is 0.0717 e. The monoisotopic (exact) mass is 339 g/mol. The van der Waals surface area contributed by atoms with Gasteiger partial charge in [-0.25, -0.2) is 0 Å². The lowest BCUT2D eigenvalue weighted by Crippen LogP contribution is -2.51. The molecule has 1 fully saturated rings. The van der Waals surface area contributed by atoms with Crippen LogP contribution in [-0.4, -0.2) is 55.8 Å². The molecule has 2 rings (SSSR count). The van der Waals surface area contributed by atoms with Crippen LogP contribution in [0, 0.1) is 11.3 Å². The van der Waals surface area contributed by atoms with Gasteiger partial charge in [0, 0.05) is 38.0 Å². The Morgan fingerprint density at radius 3 is 2.83 bits per heavy atom.